The second-order valence-corrected chi connectivity index (χ2v) is 3.23. The smallest absolute Gasteiger partial charge is 0.163 e. The first-order chi connectivity index (χ1) is 7.10. The van der Waals surface area contributed by atoms with Crippen molar-refractivity contribution < 1.29 is 14.2 Å². The molecule has 0 aliphatic rings. The van der Waals surface area contributed by atoms with Crippen LogP contribution < -0.4 is 16.2 Å². The van der Waals surface area contributed by atoms with Crippen molar-refractivity contribution >= 4 is 12.4 Å². The van der Waals surface area contributed by atoms with E-state index in [2.05, 4.69) is 0 Å². The van der Waals surface area contributed by atoms with Gasteiger partial charge in [-0.3, -0.25) is 0 Å². The highest BCUT2D eigenvalue weighted by Crippen LogP contribution is 2.34. The molecule has 0 bridgehead atoms. The Balaban J connectivity index is 0.00000225. The van der Waals surface area contributed by atoms with Gasteiger partial charge in [-0.1, -0.05) is 0 Å². The third kappa shape index (κ3) is 3.23. The number of hydrogen-bond donors (Lipinski definition) is 3. The average Bonchev–Trinajstić information content (AvgIpc) is 2.21. The van der Waals surface area contributed by atoms with Crippen LogP contribution in [0.1, 0.15) is 18.0 Å². The van der Waals surface area contributed by atoms with Crippen molar-refractivity contribution in [3.05, 3.63) is 23.5 Å². The number of aromatic hydroxyl groups is 1. The third-order valence-electron chi connectivity index (χ3n) is 2.17. The molecule has 5 N–H and O–H groups in total. The Morgan fingerprint density at radius 1 is 1.50 bits per heavy atom. The van der Waals surface area contributed by atoms with Gasteiger partial charge in [-0.25, -0.2) is 4.39 Å². The van der Waals surface area contributed by atoms with Gasteiger partial charge in [0.25, 0.3) is 0 Å². The lowest BCUT2D eigenvalue weighted by atomic mass is 10.0. The SMILES string of the molecule is COc1cc(F)cc([C@H](N)CCN)c1O.Cl. The predicted octanol–water partition coefficient (Wildman–Crippen LogP) is 1.31. The fourth-order valence-corrected chi connectivity index (χ4v) is 1.37. The molecule has 1 aromatic carbocycles. The molecule has 0 aromatic heterocycles. The largest absolute Gasteiger partial charge is 0.504 e. The van der Waals surface area contributed by atoms with Crippen molar-refractivity contribution in [1.82, 2.24) is 0 Å². The van der Waals surface area contributed by atoms with Gasteiger partial charge in [0.1, 0.15) is 5.82 Å². The molecule has 0 amide bonds. The molecule has 0 radical (unpaired) electrons. The molecule has 0 unspecified atom stereocenters. The van der Waals surface area contributed by atoms with E-state index >= 15 is 0 Å². The fourth-order valence-electron chi connectivity index (χ4n) is 1.37. The minimum Gasteiger partial charge on any atom is -0.504 e. The Hall–Kier alpha value is -1.04. The molecule has 1 aromatic rings. The first-order valence-electron chi connectivity index (χ1n) is 4.62. The number of methoxy groups -OCH3 is 1. The van der Waals surface area contributed by atoms with E-state index in [4.69, 9.17) is 16.2 Å². The second kappa shape index (κ2) is 6.52. The predicted molar refractivity (Wildman–Crippen MR) is 62.5 cm³/mol. The molecule has 1 atom stereocenters. The van der Waals surface area contributed by atoms with E-state index in [1.807, 2.05) is 0 Å². The zero-order chi connectivity index (χ0) is 11.4. The van der Waals surface area contributed by atoms with E-state index in [0.717, 1.165) is 6.07 Å². The van der Waals surface area contributed by atoms with E-state index in [1.54, 1.807) is 0 Å². The zero-order valence-corrected chi connectivity index (χ0v) is 9.76. The molecule has 4 nitrogen and oxygen atoms in total. The van der Waals surface area contributed by atoms with Crippen molar-refractivity contribution in [2.24, 2.45) is 11.5 Å². The topological polar surface area (TPSA) is 81.5 Å². The molecular formula is C10H16ClFN2O2. The van der Waals surface area contributed by atoms with Crippen LogP contribution in [0.15, 0.2) is 12.1 Å². The lowest BCUT2D eigenvalue weighted by Crippen LogP contribution is -2.15. The van der Waals surface area contributed by atoms with Gasteiger partial charge in [-0.15, -0.1) is 12.4 Å². The highest BCUT2D eigenvalue weighted by atomic mass is 35.5. The number of ether oxygens (including phenoxy) is 1. The molecule has 0 aliphatic carbocycles. The number of hydrogen-bond acceptors (Lipinski definition) is 4. The van der Waals surface area contributed by atoms with Crippen molar-refractivity contribution in [3.8, 4) is 11.5 Å². The summed E-state index contributed by atoms with van der Waals surface area (Å²) in [6, 6.07) is 1.81. The van der Waals surface area contributed by atoms with Crippen LogP contribution in [0, 0.1) is 5.82 Å². The Morgan fingerprint density at radius 3 is 2.62 bits per heavy atom. The fraction of sp³-hybridized carbons (Fsp3) is 0.400. The maximum absolute atomic E-state index is 13.1. The van der Waals surface area contributed by atoms with Crippen LogP contribution in [0.25, 0.3) is 0 Å². The normalized spacial score (nSPS) is 11.8. The molecular weight excluding hydrogens is 235 g/mol. The molecule has 0 spiro atoms. The minimum atomic E-state index is -0.493. The Kier molecular flexibility index (Phi) is 6.10. The maximum atomic E-state index is 13.1. The van der Waals surface area contributed by atoms with Gasteiger partial charge in [-0.2, -0.15) is 0 Å². The molecule has 16 heavy (non-hydrogen) atoms. The summed E-state index contributed by atoms with van der Waals surface area (Å²) in [6.07, 6.45) is 0.472. The summed E-state index contributed by atoms with van der Waals surface area (Å²) in [7, 11) is 1.35. The quantitative estimate of drug-likeness (QED) is 0.753. The monoisotopic (exact) mass is 250 g/mol. The first-order valence-corrected chi connectivity index (χ1v) is 4.62. The summed E-state index contributed by atoms with van der Waals surface area (Å²) in [4.78, 5) is 0. The number of benzene rings is 1. The Morgan fingerprint density at radius 2 is 2.12 bits per heavy atom. The molecule has 0 saturated heterocycles. The van der Waals surface area contributed by atoms with Crippen LogP contribution in [0.3, 0.4) is 0 Å². The van der Waals surface area contributed by atoms with Gasteiger partial charge in [-0.05, 0) is 19.0 Å². The summed E-state index contributed by atoms with van der Waals surface area (Å²) >= 11 is 0. The van der Waals surface area contributed by atoms with Crippen LogP contribution in [0.4, 0.5) is 4.39 Å². The van der Waals surface area contributed by atoms with Crippen LogP contribution in [-0.4, -0.2) is 18.8 Å². The van der Waals surface area contributed by atoms with Gasteiger partial charge in [0.2, 0.25) is 0 Å². The number of halogens is 2. The zero-order valence-electron chi connectivity index (χ0n) is 8.94. The molecule has 6 heteroatoms. The van der Waals surface area contributed by atoms with E-state index in [-0.39, 0.29) is 23.9 Å². The summed E-state index contributed by atoms with van der Waals surface area (Å²) in [5.74, 6) is -0.538. The average molecular weight is 251 g/mol. The lowest BCUT2D eigenvalue weighted by Gasteiger charge is -2.14. The van der Waals surface area contributed by atoms with Gasteiger partial charge in [0.15, 0.2) is 11.5 Å². The van der Waals surface area contributed by atoms with Crippen molar-refractivity contribution in [1.29, 1.82) is 0 Å². The number of phenolic OH excluding ortho intramolecular Hbond substituents is 1. The van der Waals surface area contributed by atoms with Gasteiger partial charge in [0.05, 0.1) is 7.11 Å². The van der Waals surface area contributed by atoms with Gasteiger partial charge in [0, 0.05) is 17.7 Å². The summed E-state index contributed by atoms with van der Waals surface area (Å²) < 4.78 is 17.9. The van der Waals surface area contributed by atoms with Crippen molar-refractivity contribution in [3.63, 3.8) is 0 Å². The van der Waals surface area contributed by atoms with Crippen LogP contribution in [-0.2, 0) is 0 Å². The Bertz CT molecular complexity index is 350. The lowest BCUT2D eigenvalue weighted by molar-refractivity contribution is 0.364. The number of phenols is 1. The first kappa shape index (κ1) is 15.0. The number of nitrogens with two attached hydrogens (primary N) is 2. The maximum Gasteiger partial charge on any atom is 0.163 e. The molecule has 0 heterocycles. The van der Waals surface area contributed by atoms with E-state index in [0.29, 0.717) is 18.5 Å². The molecule has 0 aliphatic heterocycles. The second-order valence-electron chi connectivity index (χ2n) is 3.23. The molecule has 1 rings (SSSR count). The number of rotatable bonds is 4. The highest BCUT2D eigenvalue weighted by Gasteiger charge is 2.15. The van der Waals surface area contributed by atoms with Crippen LogP contribution in [0.2, 0.25) is 0 Å². The summed E-state index contributed by atoms with van der Waals surface area (Å²) in [5.41, 5.74) is 11.4. The minimum absolute atomic E-state index is 0. The third-order valence-corrected chi connectivity index (χ3v) is 2.17. The summed E-state index contributed by atoms with van der Waals surface area (Å²) in [6.45, 7) is 0.374. The van der Waals surface area contributed by atoms with Gasteiger partial charge >= 0.3 is 0 Å². The molecule has 0 fully saturated rings. The van der Waals surface area contributed by atoms with Crippen LogP contribution in [0.5, 0.6) is 11.5 Å². The molecule has 92 valence electrons. The highest BCUT2D eigenvalue weighted by molar-refractivity contribution is 5.85. The van der Waals surface area contributed by atoms with E-state index < -0.39 is 11.9 Å². The summed E-state index contributed by atoms with van der Waals surface area (Å²) in [5, 5.41) is 9.70. The van der Waals surface area contributed by atoms with Crippen LogP contribution >= 0.6 is 12.4 Å². The van der Waals surface area contributed by atoms with Gasteiger partial charge < -0.3 is 21.3 Å². The Labute approximate surface area is 99.8 Å². The molecule has 0 saturated carbocycles. The van der Waals surface area contributed by atoms with E-state index in [1.165, 1.54) is 13.2 Å². The standard InChI is InChI=1S/C10H15FN2O2.ClH/c1-15-9-5-6(11)4-7(10(9)14)8(13)2-3-12;/h4-5,8,14H,2-3,12-13H2,1H3;1H/t8-;/m1./s1. The van der Waals surface area contributed by atoms with E-state index in [9.17, 15) is 9.50 Å². The van der Waals surface area contributed by atoms with Crippen molar-refractivity contribution in [2.75, 3.05) is 13.7 Å². The van der Waals surface area contributed by atoms with Crippen molar-refractivity contribution in [2.45, 2.75) is 12.5 Å².